The lowest BCUT2D eigenvalue weighted by Crippen LogP contribution is -2.13. The van der Waals surface area contributed by atoms with Crippen LogP contribution in [0.4, 0.5) is 0 Å². The lowest BCUT2D eigenvalue weighted by atomic mass is 9.84. The Morgan fingerprint density at radius 1 is 0.778 bits per heavy atom. The van der Waals surface area contributed by atoms with Crippen molar-refractivity contribution in [2.45, 2.75) is 12.8 Å². The van der Waals surface area contributed by atoms with Gasteiger partial charge in [0, 0.05) is 22.6 Å². The van der Waals surface area contributed by atoms with Gasteiger partial charge in [0.15, 0.2) is 6.29 Å². The maximum absolute atomic E-state index is 12.1. The first-order valence-electron chi connectivity index (χ1n) is 9.03. The standard InChI is InChI=1S/C25H20O2/c1-18-10-8-9-15-21(18)22-16-24(19-11-4-2-5-12-19)27-25(23(22)17-26)20-13-6-3-7-14-20/h2-17,22H,1H3/t22-/m0/s1. The number of ether oxygens (including phenoxy) is 1. The minimum Gasteiger partial charge on any atom is -0.456 e. The van der Waals surface area contributed by atoms with Gasteiger partial charge in [0.25, 0.3) is 0 Å². The number of carbonyl (C=O) groups excluding carboxylic acids is 1. The Hall–Kier alpha value is -3.39. The first-order valence-corrected chi connectivity index (χ1v) is 9.03. The molecule has 3 aromatic rings. The van der Waals surface area contributed by atoms with Crippen molar-refractivity contribution in [1.29, 1.82) is 0 Å². The summed E-state index contributed by atoms with van der Waals surface area (Å²) in [4.78, 5) is 12.1. The molecule has 2 heteroatoms. The van der Waals surface area contributed by atoms with Gasteiger partial charge in [-0.3, -0.25) is 4.79 Å². The number of rotatable bonds is 4. The summed E-state index contributed by atoms with van der Waals surface area (Å²) >= 11 is 0. The molecular weight excluding hydrogens is 332 g/mol. The highest BCUT2D eigenvalue weighted by Crippen LogP contribution is 2.41. The number of allylic oxidation sites excluding steroid dienone is 2. The molecule has 27 heavy (non-hydrogen) atoms. The van der Waals surface area contributed by atoms with Crippen molar-refractivity contribution in [2.24, 2.45) is 0 Å². The van der Waals surface area contributed by atoms with E-state index in [1.807, 2.05) is 78.9 Å². The lowest BCUT2D eigenvalue weighted by molar-refractivity contribution is -0.105. The van der Waals surface area contributed by atoms with Gasteiger partial charge < -0.3 is 4.74 Å². The molecule has 2 nitrogen and oxygen atoms in total. The molecule has 0 bridgehead atoms. The molecule has 1 heterocycles. The fourth-order valence-corrected chi connectivity index (χ4v) is 3.48. The van der Waals surface area contributed by atoms with Crippen molar-refractivity contribution in [1.82, 2.24) is 0 Å². The summed E-state index contributed by atoms with van der Waals surface area (Å²) in [5.74, 6) is 1.25. The number of benzene rings is 3. The van der Waals surface area contributed by atoms with Crippen LogP contribution < -0.4 is 0 Å². The number of aldehydes is 1. The maximum atomic E-state index is 12.1. The van der Waals surface area contributed by atoms with Crippen LogP contribution in [-0.4, -0.2) is 6.29 Å². The Balaban J connectivity index is 1.92. The highest BCUT2D eigenvalue weighted by Gasteiger charge is 2.28. The minimum absolute atomic E-state index is 0.150. The van der Waals surface area contributed by atoms with Gasteiger partial charge in [0.05, 0.1) is 0 Å². The van der Waals surface area contributed by atoms with Gasteiger partial charge in [-0.2, -0.15) is 0 Å². The van der Waals surface area contributed by atoms with Crippen LogP contribution in [0, 0.1) is 6.92 Å². The van der Waals surface area contributed by atoms with Crippen LogP contribution in [0.5, 0.6) is 0 Å². The molecule has 0 radical (unpaired) electrons. The van der Waals surface area contributed by atoms with Crippen molar-refractivity contribution >= 4 is 17.8 Å². The van der Waals surface area contributed by atoms with Crippen LogP contribution in [0.3, 0.4) is 0 Å². The quantitative estimate of drug-likeness (QED) is 0.558. The van der Waals surface area contributed by atoms with Crippen molar-refractivity contribution in [3.63, 3.8) is 0 Å². The summed E-state index contributed by atoms with van der Waals surface area (Å²) in [6.45, 7) is 2.07. The number of hydrogen-bond acceptors (Lipinski definition) is 2. The molecule has 132 valence electrons. The zero-order chi connectivity index (χ0) is 18.6. The first kappa shape index (κ1) is 17.0. The third-order valence-corrected chi connectivity index (χ3v) is 4.87. The molecule has 0 saturated carbocycles. The van der Waals surface area contributed by atoms with E-state index < -0.39 is 0 Å². The molecule has 0 saturated heterocycles. The van der Waals surface area contributed by atoms with Crippen LogP contribution in [0.25, 0.3) is 11.5 Å². The molecule has 1 aliphatic heterocycles. The lowest BCUT2D eigenvalue weighted by Gasteiger charge is -2.27. The van der Waals surface area contributed by atoms with Gasteiger partial charge in [-0.1, -0.05) is 84.9 Å². The monoisotopic (exact) mass is 352 g/mol. The summed E-state index contributed by atoms with van der Waals surface area (Å²) in [6.07, 6.45) is 2.98. The van der Waals surface area contributed by atoms with E-state index in [-0.39, 0.29) is 5.92 Å². The predicted octanol–water partition coefficient (Wildman–Crippen LogP) is 5.76. The zero-order valence-corrected chi connectivity index (χ0v) is 15.1. The minimum atomic E-state index is -0.150. The third kappa shape index (κ3) is 3.34. The summed E-state index contributed by atoms with van der Waals surface area (Å²) in [6, 6.07) is 28.0. The zero-order valence-electron chi connectivity index (χ0n) is 15.1. The van der Waals surface area contributed by atoms with Crippen LogP contribution >= 0.6 is 0 Å². The number of carbonyl (C=O) groups is 1. The van der Waals surface area contributed by atoms with Gasteiger partial charge >= 0.3 is 0 Å². The molecule has 0 spiro atoms. The van der Waals surface area contributed by atoms with E-state index in [1.54, 1.807) is 0 Å². The molecule has 1 aliphatic rings. The predicted molar refractivity (Wildman–Crippen MR) is 109 cm³/mol. The average Bonchev–Trinajstić information content (AvgIpc) is 2.74. The van der Waals surface area contributed by atoms with Gasteiger partial charge in [-0.05, 0) is 24.1 Å². The molecule has 0 aliphatic carbocycles. The Morgan fingerprint density at radius 2 is 1.37 bits per heavy atom. The number of aryl methyl sites for hydroxylation is 1. The fourth-order valence-electron chi connectivity index (χ4n) is 3.48. The van der Waals surface area contributed by atoms with E-state index in [9.17, 15) is 4.79 Å². The second-order valence-electron chi connectivity index (χ2n) is 6.60. The van der Waals surface area contributed by atoms with Crippen LogP contribution in [0.2, 0.25) is 0 Å². The molecule has 1 atom stereocenters. The smallest absolute Gasteiger partial charge is 0.150 e. The third-order valence-electron chi connectivity index (χ3n) is 4.87. The topological polar surface area (TPSA) is 26.3 Å². The number of hydrogen-bond donors (Lipinski definition) is 0. The second kappa shape index (κ2) is 7.46. The second-order valence-corrected chi connectivity index (χ2v) is 6.60. The van der Waals surface area contributed by atoms with E-state index in [1.165, 1.54) is 0 Å². The van der Waals surface area contributed by atoms with E-state index >= 15 is 0 Å². The summed E-state index contributed by atoms with van der Waals surface area (Å²) in [7, 11) is 0. The molecule has 4 rings (SSSR count). The molecular formula is C25H20O2. The SMILES string of the molecule is Cc1ccccc1[C@@H]1C=C(c2ccccc2)OC(c2ccccc2)=C1C=O. The van der Waals surface area contributed by atoms with Gasteiger partial charge in [0.2, 0.25) is 0 Å². The van der Waals surface area contributed by atoms with E-state index in [0.717, 1.165) is 34.3 Å². The summed E-state index contributed by atoms with van der Waals surface area (Å²) in [5.41, 5.74) is 4.81. The largest absolute Gasteiger partial charge is 0.456 e. The van der Waals surface area contributed by atoms with Crippen molar-refractivity contribution in [2.75, 3.05) is 0 Å². The molecule has 3 aromatic carbocycles. The van der Waals surface area contributed by atoms with Crippen molar-refractivity contribution in [3.05, 3.63) is 119 Å². The maximum Gasteiger partial charge on any atom is 0.150 e. The first-order chi connectivity index (χ1) is 13.3. The normalized spacial score (nSPS) is 16.5. The van der Waals surface area contributed by atoms with Crippen LogP contribution in [-0.2, 0) is 9.53 Å². The summed E-state index contributed by atoms with van der Waals surface area (Å²) in [5, 5.41) is 0. The Morgan fingerprint density at radius 3 is 2.00 bits per heavy atom. The van der Waals surface area contributed by atoms with E-state index in [2.05, 4.69) is 19.1 Å². The van der Waals surface area contributed by atoms with Crippen LogP contribution in [0.15, 0.2) is 96.6 Å². The van der Waals surface area contributed by atoms with E-state index in [4.69, 9.17) is 4.74 Å². The Bertz CT molecular complexity index is 1010. The molecule has 0 N–H and O–H groups in total. The van der Waals surface area contributed by atoms with Gasteiger partial charge in [-0.25, -0.2) is 0 Å². The molecule has 0 aromatic heterocycles. The molecule has 0 unspecified atom stereocenters. The van der Waals surface area contributed by atoms with Crippen molar-refractivity contribution < 1.29 is 9.53 Å². The van der Waals surface area contributed by atoms with E-state index in [0.29, 0.717) is 11.3 Å². The molecule has 0 fully saturated rings. The highest BCUT2D eigenvalue weighted by molar-refractivity contribution is 5.92. The van der Waals surface area contributed by atoms with Gasteiger partial charge in [-0.15, -0.1) is 0 Å². The molecule has 0 amide bonds. The fraction of sp³-hybridized carbons (Fsp3) is 0.0800. The Kier molecular flexibility index (Phi) is 4.71. The summed E-state index contributed by atoms with van der Waals surface area (Å²) < 4.78 is 6.26. The Labute approximate surface area is 159 Å². The van der Waals surface area contributed by atoms with Crippen molar-refractivity contribution in [3.8, 4) is 0 Å². The van der Waals surface area contributed by atoms with Crippen LogP contribution in [0.1, 0.15) is 28.2 Å². The average molecular weight is 352 g/mol. The highest BCUT2D eigenvalue weighted by atomic mass is 16.5. The van der Waals surface area contributed by atoms with Gasteiger partial charge in [0.1, 0.15) is 11.5 Å².